The number of nitrogens with zero attached hydrogens (tertiary/aromatic N) is 2. The number of aromatic amines is 1. The number of hydrogen-bond donors (Lipinski definition) is 1. The quantitative estimate of drug-likeness (QED) is 0.678. The van der Waals surface area contributed by atoms with E-state index in [1.807, 2.05) is 13.8 Å². The maximum atomic E-state index is 11.1. The van der Waals surface area contributed by atoms with Crippen LogP contribution in [0.3, 0.4) is 0 Å². The highest BCUT2D eigenvalue weighted by atomic mass is 16.6. The molecule has 0 saturated heterocycles. The molecule has 0 radical (unpaired) electrons. The van der Waals surface area contributed by atoms with Crippen LogP contribution in [0.15, 0.2) is 6.07 Å². The van der Waals surface area contributed by atoms with E-state index in [-0.39, 0.29) is 11.4 Å². The molecule has 0 aliphatic rings. The van der Waals surface area contributed by atoms with Crippen molar-refractivity contribution in [1.29, 1.82) is 0 Å². The highest BCUT2D eigenvalue weighted by molar-refractivity contribution is 5.96. The molecule has 2 rings (SSSR count). The second-order valence-electron chi connectivity index (χ2n) is 4.39. The van der Waals surface area contributed by atoms with Crippen LogP contribution in [0.25, 0.3) is 10.9 Å². The average molecular weight is 263 g/mol. The Hall–Kier alpha value is -2.44. The number of aromatic nitrogens is 1. The van der Waals surface area contributed by atoms with E-state index in [0.717, 1.165) is 17.3 Å². The van der Waals surface area contributed by atoms with Crippen LogP contribution in [0.5, 0.6) is 0 Å². The Bertz CT molecular complexity index is 703. The van der Waals surface area contributed by atoms with Crippen LogP contribution in [0.4, 0.5) is 11.4 Å². The van der Waals surface area contributed by atoms with Crippen LogP contribution in [-0.4, -0.2) is 14.8 Å². The van der Waals surface area contributed by atoms with E-state index >= 15 is 0 Å². The number of fused-ring (bicyclic) bond motifs is 1. The van der Waals surface area contributed by atoms with Crippen LogP contribution in [0, 0.1) is 34.1 Å². The lowest BCUT2D eigenvalue weighted by atomic mass is 10.0. The Kier molecular flexibility index (Phi) is 2.97. The first kappa shape index (κ1) is 13.0. The monoisotopic (exact) mass is 263 g/mol. The van der Waals surface area contributed by atoms with Crippen molar-refractivity contribution in [3.05, 3.63) is 43.1 Å². The molecule has 100 valence electrons. The van der Waals surface area contributed by atoms with Crippen LogP contribution >= 0.6 is 0 Å². The third-order valence-corrected chi connectivity index (χ3v) is 3.39. The Morgan fingerprint density at radius 1 is 1.11 bits per heavy atom. The van der Waals surface area contributed by atoms with Crippen molar-refractivity contribution in [3.8, 4) is 0 Å². The third-order valence-electron chi connectivity index (χ3n) is 3.39. The molecule has 19 heavy (non-hydrogen) atoms. The molecule has 0 aliphatic heterocycles. The number of nitro benzene ring substituents is 2. The zero-order valence-electron chi connectivity index (χ0n) is 10.8. The van der Waals surface area contributed by atoms with Crippen molar-refractivity contribution in [2.75, 3.05) is 0 Å². The molecular formula is C12H13N3O4. The van der Waals surface area contributed by atoms with Gasteiger partial charge in [-0.2, -0.15) is 0 Å². The summed E-state index contributed by atoms with van der Waals surface area (Å²) in [5.41, 5.74) is 2.05. The minimum atomic E-state index is -0.593. The van der Waals surface area contributed by atoms with Crippen molar-refractivity contribution in [1.82, 2.24) is 4.98 Å². The number of benzene rings is 1. The van der Waals surface area contributed by atoms with Crippen molar-refractivity contribution in [3.63, 3.8) is 0 Å². The van der Waals surface area contributed by atoms with E-state index in [9.17, 15) is 20.2 Å². The second kappa shape index (κ2) is 4.34. The van der Waals surface area contributed by atoms with Crippen molar-refractivity contribution >= 4 is 22.3 Å². The average Bonchev–Trinajstić information content (AvgIpc) is 2.66. The number of non-ortho nitro benzene ring substituents is 1. The molecule has 0 aliphatic carbocycles. The lowest BCUT2D eigenvalue weighted by molar-refractivity contribution is -0.393. The number of H-pyrrole nitrogens is 1. The zero-order chi connectivity index (χ0) is 14.3. The van der Waals surface area contributed by atoms with E-state index in [2.05, 4.69) is 4.98 Å². The Morgan fingerprint density at radius 2 is 1.68 bits per heavy atom. The summed E-state index contributed by atoms with van der Waals surface area (Å²) in [6.07, 6.45) is 0.685. The standard InChI is InChI=1S/C12H13N3O4/c1-4-8-6(2)11-7(3)9(14(16)17)5-10(15(18)19)12(11)13-8/h5,13H,4H2,1-3H3. The SMILES string of the molecule is CCc1[nH]c2c([N+](=O)[O-])cc([N+](=O)[O-])c(C)c2c1C. The number of hydrogen-bond acceptors (Lipinski definition) is 4. The normalized spacial score (nSPS) is 10.9. The Labute approximate surface area is 108 Å². The fourth-order valence-corrected chi connectivity index (χ4v) is 2.43. The Balaban J connectivity index is 2.99. The molecule has 0 amide bonds. The van der Waals surface area contributed by atoms with Gasteiger partial charge in [0, 0.05) is 16.6 Å². The van der Waals surface area contributed by atoms with Crippen molar-refractivity contribution in [2.45, 2.75) is 27.2 Å². The van der Waals surface area contributed by atoms with Crippen LogP contribution in [-0.2, 0) is 6.42 Å². The van der Waals surface area contributed by atoms with E-state index in [1.54, 1.807) is 6.92 Å². The molecule has 7 nitrogen and oxygen atoms in total. The molecular weight excluding hydrogens is 250 g/mol. The van der Waals surface area contributed by atoms with Gasteiger partial charge in [0.25, 0.3) is 11.4 Å². The number of nitrogens with one attached hydrogen (secondary N) is 1. The summed E-state index contributed by atoms with van der Waals surface area (Å²) in [6.45, 7) is 5.36. The fraction of sp³-hybridized carbons (Fsp3) is 0.333. The maximum Gasteiger partial charge on any atom is 0.300 e. The second-order valence-corrected chi connectivity index (χ2v) is 4.39. The molecule has 7 heteroatoms. The van der Waals surface area contributed by atoms with Gasteiger partial charge in [-0.25, -0.2) is 0 Å². The summed E-state index contributed by atoms with van der Waals surface area (Å²) >= 11 is 0. The number of nitro groups is 2. The van der Waals surface area contributed by atoms with Crippen LogP contribution < -0.4 is 0 Å². The summed E-state index contributed by atoms with van der Waals surface area (Å²) in [5, 5.41) is 22.7. The van der Waals surface area contributed by atoms with Gasteiger partial charge in [0.05, 0.1) is 15.9 Å². The summed E-state index contributed by atoms with van der Waals surface area (Å²) in [4.78, 5) is 23.9. The minimum absolute atomic E-state index is 0.219. The summed E-state index contributed by atoms with van der Waals surface area (Å²) in [6, 6.07) is 1.02. The first-order valence-electron chi connectivity index (χ1n) is 5.82. The highest BCUT2D eigenvalue weighted by Crippen LogP contribution is 2.37. The largest absolute Gasteiger partial charge is 0.353 e. The summed E-state index contributed by atoms with van der Waals surface area (Å²) < 4.78 is 0. The van der Waals surface area contributed by atoms with Crippen LogP contribution in [0.1, 0.15) is 23.7 Å². The molecule has 0 atom stereocenters. The van der Waals surface area contributed by atoms with Gasteiger partial charge < -0.3 is 4.98 Å². The van der Waals surface area contributed by atoms with Gasteiger partial charge in [0.2, 0.25) is 0 Å². The number of aryl methyl sites for hydroxylation is 3. The van der Waals surface area contributed by atoms with Gasteiger partial charge >= 0.3 is 0 Å². The van der Waals surface area contributed by atoms with E-state index < -0.39 is 9.85 Å². The first-order chi connectivity index (χ1) is 8.88. The molecule has 1 heterocycles. The fourth-order valence-electron chi connectivity index (χ4n) is 2.43. The van der Waals surface area contributed by atoms with E-state index in [4.69, 9.17) is 0 Å². The Morgan fingerprint density at radius 3 is 2.16 bits per heavy atom. The van der Waals surface area contributed by atoms with Crippen LogP contribution in [0.2, 0.25) is 0 Å². The number of rotatable bonds is 3. The lowest BCUT2D eigenvalue weighted by Crippen LogP contribution is -1.97. The van der Waals surface area contributed by atoms with E-state index in [0.29, 0.717) is 22.9 Å². The molecule has 1 N–H and O–H groups in total. The highest BCUT2D eigenvalue weighted by Gasteiger charge is 2.26. The lowest BCUT2D eigenvalue weighted by Gasteiger charge is -2.01. The molecule has 1 aromatic carbocycles. The smallest absolute Gasteiger partial charge is 0.300 e. The summed E-state index contributed by atoms with van der Waals surface area (Å²) in [7, 11) is 0. The van der Waals surface area contributed by atoms with Crippen molar-refractivity contribution in [2.24, 2.45) is 0 Å². The van der Waals surface area contributed by atoms with E-state index in [1.165, 1.54) is 0 Å². The molecule has 0 unspecified atom stereocenters. The van der Waals surface area contributed by atoms with Gasteiger partial charge in [-0.05, 0) is 25.8 Å². The molecule has 0 spiro atoms. The minimum Gasteiger partial charge on any atom is -0.353 e. The molecule has 1 aromatic heterocycles. The van der Waals surface area contributed by atoms with Gasteiger partial charge in [0.15, 0.2) is 0 Å². The first-order valence-corrected chi connectivity index (χ1v) is 5.82. The van der Waals surface area contributed by atoms with Gasteiger partial charge in [-0.15, -0.1) is 0 Å². The van der Waals surface area contributed by atoms with Gasteiger partial charge in [0.1, 0.15) is 5.52 Å². The van der Waals surface area contributed by atoms with Gasteiger partial charge in [-0.3, -0.25) is 20.2 Å². The topological polar surface area (TPSA) is 102 Å². The molecule has 2 aromatic rings. The predicted molar refractivity (Wildman–Crippen MR) is 70.5 cm³/mol. The summed E-state index contributed by atoms with van der Waals surface area (Å²) in [5.74, 6) is 0. The third kappa shape index (κ3) is 1.83. The molecule has 0 bridgehead atoms. The zero-order valence-corrected chi connectivity index (χ0v) is 10.8. The maximum absolute atomic E-state index is 11.1. The van der Waals surface area contributed by atoms with Crippen molar-refractivity contribution < 1.29 is 9.85 Å². The predicted octanol–water partition coefficient (Wildman–Crippen LogP) is 3.16. The molecule has 0 fully saturated rings. The van der Waals surface area contributed by atoms with Gasteiger partial charge in [-0.1, -0.05) is 6.92 Å². The molecule has 0 saturated carbocycles.